The smallest absolute Gasteiger partial charge is 0.236 e. The molecule has 0 unspecified atom stereocenters. The second kappa shape index (κ2) is 6.79. The minimum absolute atomic E-state index is 0.131. The number of ether oxygens (including phenoxy) is 1. The van der Waals surface area contributed by atoms with Crippen molar-refractivity contribution in [1.29, 1.82) is 0 Å². The lowest BCUT2D eigenvalue weighted by molar-refractivity contribution is -0.144. The molecule has 3 rings (SSSR count). The van der Waals surface area contributed by atoms with Crippen molar-refractivity contribution >= 4 is 5.91 Å². The van der Waals surface area contributed by atoms with Crippen LogP contribution >= 0.6 is 0 Å². The summed E-state index contributed by atoms with van der Waals surface area (Å²) in [4.78, 5) is 16.9. The number of amides is 1. The fraction of sp³-hybridized carbons (Fsp3) is 0.750. The Morgan fingerprint density at radius 2 is 2.09 bits per heavy atom. The number of likely N-dealkylation sites (tertiary alicyclic amines) is 1. The van der Waals surface area contributed by atoms with Crippen LogP contribution in [-0.2, 0) is 16.1 Å². The summed E-state index contributed by atoms with van der Waals surface area (Å²) in [5.74, 6) is 0.231. The van der Waals surface area contributed by atoms with E-state index < -0.39 is 0 Å². The predicted octanol–water partition coefficient (Wildman–Crippen LogP) is 0.983. The van der Waals surface area contributed by atoms with Crippen LogP contribution in [0.1, 0.15) is 26.7 Å². The zero-order valence-corrected chi connectivity index (χ0v) is 13.5. The summed E-state index contributed by atoms with van der Waals surface area (Å²) in [7, 11) is 0. The SMILES string of the molecule is C[C@@H]1CN(C(=O)CN2CCC[C@@H]2Cn2cccn2)C[C@@H](C)O1. The first-order chi connectivity index (χ1) is 10.6. The van der Waals surface area contributed by atoms with Crippen molar-refractivity contribution in [2.75, 3.05) is 26.2 Å². The average Bonchev–Trinajstić information content (AvgIpc) is 3.11. The maximum atomic E-state index is 12.6. The lowest BCUT2D eigenvalue weighted by Crippen LogP contribution is -2.51. The molecule has 3 heterocycles. The number of rotatable bonds is 4. The van der Waals surface area contributed by atoms with Gasteiger partial charge in [0.1, 0.15) is 0 Å². The highest BCUT2D eigenvalue weighted by atomic mass is 16.5. The molecule has 2 aliphatic rings. The molecule has 0 spiro atoms. The van der Waals surface area contributed by atoms with Crippen LogP contribution in [0.5, 0.6) is 0 Å². The van der Waals surface area contributed by atoms with Gasteiger partial charge in [0.25, 0.3) is 0 Å². The highest BCUT2D eigenvalue weighted by Gasteiger charge is 2.31. The van der Waals surface area contributed by atoms with Gasteiger partial charge in [-0.25, -0.2) is 0 Å². The molecule has 22 heavy (non-hydrogen) atoms. The summed E-state index contributed by atoms with van der Waals surface area (Å²) < 4.78 is 7.67. The molecule has 2 aliphatic heterocycles. The Hall–Kier alpha value is -1.40. The van der Waals surface area contributed by atoms with E-state index in [2.05, 4.69) is 10.00 Å². The molecule has 0 saturated carbocycles. The molecule has 3 atom stereocenters. The predicted molar refractivity (Wildman–Crippen MR) is 83.4 cm³/mol. The van der Waals surface area contributed by atoms with E-state index in [9.17, 15) is 4.79 Å². The summed E-state index contributed by atoms with van der Waals surface area (Å²) in [5, 5.41) is 4.28. The van der Waals surface area contributed by atoms with Crippen LogP contribution in [0.4, 0.5) is 0 Å². The van der Waals surface area contributed by atoms with Gasteiger partial charge in [-0.3, -0.25) is 14.4 Å². The minimum atomic E-state index is 0.131. The van der Waals surface area contributed by atoms with Crippen LogP contribution in [0.2, 0.25) is 0 Å². The van der Waals surface area contributed by atoms with Crippen molar-refractivity contribution < 1.29 is 9.53 Å². The standard InChI is InChI=1S/C16H26N4O2/c1-13-9-19(10-14(2)22-13)16(21)12-18-7-3-5-15(18)11-20-8-4-6-17-20/h4,6,8,13-15H,3,5,7,9-12H2,1-2H3/t13-,14-,15-/m1/s1. The Balaban J connectivity index is 1.55. The Bertz CT molecular complexity index is 480. The van der Waals surface area contributed by atoms with Crippen LogP contribution in [0.3, 0.4) is 0 Å². The van der Waals surface area contributed by atoms with Crippen molar-refractivity contribution in [3.63, 3.8) is 0 Å². The maximum Gasteiger partial charge on any atom is 0.236 e. The molecule has 1 aromatic heterocycles. The fourth-order valence-corrected chi connectivity index (χ4v) is 3.59. The number of aromatic nitrogens is 2. The summed E-state index contributed by atoms with van der Waals surface area (Å²) >= 11 is 0. The number of nitrogens with zero attached hydrogens (tertiary/aromatic N) is 4. The Labute approximate surface area is 132 Å². The summed E-state index contributed by atoms with van der Waals surface area (Å²) in [6.45, 7) is 7.88. The molecule has 0 aromatic carbocycles. The summed E-state index contributed by atoms with van der Waals surface area (Å²) in [6.07, 6.45) is 6.36. The van der Waals surface area contributed by atoms with Crippen LogP contribution in [-0.4, -0.2) is 69.9 Å². The quantitative estimate of drug-likeness (QED) is 0.832. The Kier molecular flexibility index (Phi) is 4.78. The third-order valence-electron chi connectivity index (χ3n) is 4.57. The van der Waals surface area contributed by atoms with Gasteiger partial charge in [0, 0.05) is 31.5 Å². The van der Waals surface area contributed by atoms with Crippen molar-refractivity contribution in [2.45, 2.75) is 51.5 Å². The molecule has 0 N–H and O–H groups in total. The molecule has 2 saturated heterocycles. The summed E-state index contributed by atoms with van der Waals surface area (Å²) in [6, 6.07) is 2.36. The van der Waals surface area contributed by atoms with Gasteiger partial charge in [-0.2, -0.15) is 5.10 Å². The molecule has 6 nitrogen and oxygen atoms in total. The monoisotopic (exact) mass is 306 g/mol. The van der Waals surface area contributed by atoms with E-state index in [0.29, 0.717) is 25.7 Å². The zero-order valence-electron chi connectivity index (χ0n) is 13.5. The molecule has 0 bridgehead atoms. The minimum Gasteiger partial charge on any atom is -0.372 e. The van der Waals surface area contributed by atoms with Crippen molar-refractivity contribution in [3.8, 4) is 0 Å². The lowest BCUT2D eigenvalue weighted by Gasteiger charge is -2.36. The molecule has 6 heteroatoms. The molecule has 2 fully saturated rings. The molecular formula is C16H26N4O2. The molecule has 122 valence electrons. The van der Waals surface area contributed by atoms with E-state index in [4.69, 9.17) is 4.74 Å². The Morgan fingerprint density at radius 3 is 2.77 bits per heavy atom. The van der Waals surface area contributed by atoms with E-state index in [0.717, 1.165) is 25.9 Å². The van der Waals surface area contributed by atoms with E-state index in [1.807, 2.05) is 35.7 Å². The third-order valence-corrected chi connectivity index (χ3v) is 4.57. The maximum absolute atomic E-state index is 12.6. The van der Waals surface area contributed by atoms with Gasteiger partial charge in [-0.15, -0.1) is 0 Å². The lowest BCUT2D eigenvalue weighted by atomic mass is 10.2. The molecule has 0 radical (unpaired) electrons. The molecule has 0 aliphatic carbocycles. The van der Waals surface area contributed by atoms with Crippen molar-refractivity contribution in [2.24, 2.45) is 0 Å². The Morgan fingerprint density at radius 1 is 1.32 bits per heavy atom. The van der Waals surface area contributed by atoms with Gasteiger partial charge in [-0.1, -0.05) is 0 Å². The van der Waals surface area contributed by atoms with Gasteiger partial charge >= 0.3 is 0 Å². The van der Waals surface area contributed by atoms with E-state index in [-0.39, 0.29) is 18.1 Å². The highest BCUT2D eigenvalue weighted by Crippen LogP contribution is 2.19. The zero-order chi connectivity index (χ0) is 15.5. The van der Waals surface area contributed by atoms with Crippen LogP contribution in [0.15, 0.2) is 18.5 Å². The molecular weight excluding hydrogens is 280 g/mol. The number of hydrogen-bond acceptors (Lipinski definition) is 4. The van der Waals surface area contributed by atoms with Crippen LogP contribution in [0, 0.1) is 0 Å². The first-order valence-electron chi connectivity index (χ1n) is 8.26. The van der Waals surface area contributed by atoms with E-state index in [1.54, 1.807) is 6.20 Å². The largest absolute Gasteiger partial charge is 0.372 e. The second-order valence-electron chi connectivity index (χ2n) is 6.55. The van der Waals surface area contributed by atoms with Crippen molar-refractivity contribution in [3.05, 3.63) is 18.5 Å². The number of carbonyl (C=O) groups excluding carboxylic acids is 1. The van der Waals surface area contributed by atoms with Gasteiger partial charge in [-0.05, 0) is 39.3 Å². The summed E-state index contributed by atoms with van der Waals surface area (Å²) in [5.41, 5.74) is 0. The van der Waals surface area contributed by atoms with Crippen LogP contribution < -0.4 is 0 Å². The van der Waals surface area contributed by atoms with Gasteiger partial charge in [0.15, 0.2) is 0 Å². The topological polar surface area (TPSA) is 50.6 Å². The molecule has 1 aromatic rings. The fourth-order valence-electron chi connectivity index (χ4n) is 3.59. The first kappa shape index (κ1) is 15.5. The first-order valence-corrected chi connectivity index (χ1v) is 8.26. The van der Waals surface area contributed by atoms with Crippen LogP contribution in [0.25, 0.3) is 0 Å². The second-order valence-corrected chi connectivity index (χ2v) is 6.55. The van der Waals surface area contributed by atoms with E-state index in [1.165, 1.54) is 0 Å². The van der Waals surface area contributed by atoms with Gasteiger partial charge < -0.3 is 9.64 Å². The van der Waals surface area contributed by atoms with E-state index >= 15 is 0 Å². The van der Waals surface area contributed by atoms with Gasteiger partial charge in [0.05, 0.1) is 25.3 Å². The number of hydrogen-bond donors (Lipinski definition) is 0. The van der Waals surface area contributed by atoms with Gasteiger partial charge in [0.2, 0.25) is 5.91 Å². The highest BCUT2D eigenvalue weighted by molar-refractivity contribution is 5.78. The average molecular weight is 306 g/mol. The normalized spacial score (nSPS) is 29.9. The van der Waals surface area contributed by atoms with Crippen molar-refractivity contribution in [1.82, 2.24) is 19.6 Å². The third kappa shape index (κ3) is 3.67. The molecule has 1 amide bonds. The number of carbonyl (C=O) groups is 1. The number of morpholine rings is 1.